The van der Waals surface area contributed by atoms with Crippen molar-refractivity contribution in [2.45, 2.75) is 26.7 Å². The molecule has 1 saturated heterocycles. The zero-order chi connectivity index (χ0) is 25.1. The van der Waals surface area contributed by atoms with Crippen LogP contribution in [0.2, 0.25) is 0 Å². The van der Waals surface area contributed by atoms with Gasteiger partial charge in [0, 0.05) is 42.8 Å². The number of halogens is 1. The number of benzene rings is 2. The third-order valence-electron chi connectivity index (χ3n) is 6.08. The number of carbonyl (C=O) groups excluding carboxylic acids is 1. The molecule has 0 unspecified atom stereocenters. The molecular weight excluding hydrogens is 470 g/mol. The standard InChI is InChI=1S/C25H30ClN5O4/c1-15(2)19-13-20(22(33)14-21(19)32)31-24(23(28-29-31)25(34)27-7-6-26)18-5-4-17(12-16(18)3)30-8-10-35-11-9-30/h4-5,12-15,32-33H,6-11H2,1-3H3,(H,27,34). The molecule has 3 aromatic rings. The molecule has 1 aromatic heterocycles. The van der Waals surface area contributed by atoms with E-state index in [4.69, 9.17) is 16.3 Å². The molecule has 0 spiro atoms. The number of hydrogen-bond acceptors (Lipinski definition) is 7. The highest BCUT2D eigenvalue weighted by atomic mass is 35.5. The number of phenolic OH excluding ortho intramolecular Hbond substituents is 2. The summed E-state index contributed by atoms with van der Waals surface area (Å²) in [5.74, 6) is -0.324. The van der Waals surface area contributed by atoms with Gasteiger partial charge >= 0.3 is 0 Å². The first-order valence-corrected chi connectivity index (χ1v) is 12.1. The summed E-state index contributed by atoms with van der Waals surface area (Å²) in [5, 5.41) is 32.2. The van der Waals surface area contributed by atoms with Crippen LogP contribution in [0.4, 0.5) is 5.69 Å². The predicted molar refractivity (Wildman–Crippen MR) is 135 cm³/mol. The molecule has 0 radical (unpaired) electrons. The second kappa shape index (κ2) is 10.5. The van der Waals surface area contributed by atoms with E-state index in [-0.39, 0.29) is 35.5 Å². The Hall–Kier alpha value is -3.30. The number of carbonyl (C=O) groups is 1. The van der Waals surface area contributed by atoms with E-state index < -0.39 is 5.91 Å². The van der Waals surface area contributed by atoms with Crippen LogP contribution in [-0.4, -0.2) is 69.8 Å². The van der Waals surface area contributed by atoms with E-state index in [0.717, 1.165) is 29.9 Å². The van der Waals surface area contributed by atoms with Crippen LogP contribution in [0.1, 0.15) is 41.4 Å². The van der Waals surface area contributed by atoms with E-state index in [0.29, 0.717) is 30.2 Å². The summed E-state index contributed by atoms with van der Waals surface area (Å²) in [6.45, 7) is 9.11. The van der Waals surface area contributed by atoms with Crippen molar-refractivity contribution in [3.05, 3.63) is 47.2 Å². The molecule has 2 aromatic carbocycles. The topological polar surface area (TPSA) is 113 Å². The summed E-state index contributed by atoms with van der Waals surface area (Å²) in [5.41, 5.74) is 4.27. The smallest absolute Gasteiger partial charge is 0.274 e. The second-order valence-corrected chi connectivity index (χ2v) is 9.17. The monoisotopic (exact) mass is 499 g/mol. The summed E-state index contributed by atoms with van der Waals surface area (Å²) in [6.07, 6.45) is 0. The molecule has 35 heavy (non-hydrogen) atoms. The largest absolute Gasteiger partial charge is 0.508 e. The Kier molecular flexibility index (Phi) is 7.47. The Morgan fingerprint density at radius 2 is 1.91 bits per heavy atom. The molecule has 1 amide bonds. The highest BCUT2D eigenvalue weighted by molar-refractivity contribution is 6.18. The van der Waals surface area contributed by atoms with E-state index in [2.05, 4.69) is 26.6 Å². The van der Waals surface area contributed by atoms with Gasteiger partial charge in [0.1, 0.15) is 22.9 Å². The van der Waals surface area contributed by atoms with Crippen LogP contribution in [0, 0.1) is 6.92 Å². The summed E-state index contributed by atoms with van der Waals surface area (Å²) < 4.78 is 6.91. The average molecular weight is 500 g/mol. The quantitative estimate of drug-likeness (QED) is 0.426. The van der Waals surface area contributed by atoms with Gasteiger partial charge in [-0.25, -0.2) is 4.68 Å². The predicted octanol–water partition coefficient (Wildman–Crippen LogP) is 3.58. The lowest BCUT2D eigenvalue weighted by molar-refractivity contribution is 0.0951. The Balaban J connectivity index is 1.86. The number of aromatic hydroxyl groups is 2. The minimum Gasteiger partial charge on any atom is -0.508 e. The lowest BCUT2D eigenvalue weighted by atomic mass is 9.99. The van der Waals surface area contributed by atoms with Crippen molar-refractivity contribution in [1.29, 1.82) is 0 Å². The van der Waals surface area contributed by atoms with Gasteiger partial charge in [0.05, 0.1) is 13.2 Å². The number of morpholine rings is 1. The molecule has 0 atom stereocenters. The molecule has 2 heterocycles. The second-order valence-electron chi connectivity index (χ2n) is 8.80. The van der Waals surface area contributed by atoms with Gasteiger partial charge < -0.3 is 25.2 Å². The van der Waals surface area contributed by atoms with Crippen LogP contribution in [0.3, 0.4) is 0 Å². The van der Waals surface area contributed by atoms with Gasteiger partial charge in [-0.15, -0.1) is 16.7 Å². The molecule has 1 aliphatic heterocycles. The zero-order valence-corrected chi connectivity index (χ0v) is 20.8. The highest BCUT2D eigenvalue weighted by Crippen LogP contribution is 2.37. The van der Waals surface area contributed by atoms with Gasteiger partial charge in [0.15, 0.2) is 5.69 Å². The number of anilines is 1. The SMILES string of the molecule is Cc1cc(N2CCOCC2)ccc1-c1c(C(=O)NCCCl)nnn1-c1cc(C(C)C)c(O)cc1O. The van der Waals surface area contributed by atoms with Gasteiger partial charge in [0.25, 0.3) is 5.91 Å². The van der Waals surface area contributed by atoms with Crippen LogP contribution in [-0.2, 0) is 4.74 Å². The van der Waals surface area contributed by atoms with E-state index >= 15 is 0 Å². The fraction of sp³-hybridized carbons (Fsp3) is 0.400. The number of amides is 1. The summed E-state index contributed by atoms with van der Waals surface area (Å²) in [7, 11) is 0. The third kappa shape index (κ3) is 5.06. The van der Waals surface area contributed by atoms with Crippen LogP contribution in [0.5, 0.6) is 11.5 Å². The van der Waals surface area contributed by atoms with Crippen molar-refractivity contribution in [2.24, 2.45) is 0 Å². The number of ether oxygens (including phenoxy) is 1. The summed E-state index contributed by atoms with van der Waals surface area (Å²) in [4.78, 5) is 15.2. The minimum absolute atomic E-state index is 0.00218. The fourth-order valence-electron chi connectivity index (χ4n) is 4.24. The number of aryl methyl sites for hydroxylation is 1. The number of alkyl halides is 1. The zero-order valence-electron chi connectivity index (χ0n) is 20.1. The molecule has 1 aliphatic rings. The molecule has 0 saturated carbocycles. The Bertz CT molecular complexity index is 1220. The molecule has 4 rings (SSSR count). The Morgan fingerprint density at radius 3 is 2.57 bits per heavy atom. The van der Waals surface area contributed by atoms with Crippen molar-refractivity contribution < 1.29 is 19.7 Å². The normalized spacial score (nSPS) is 13.9. The fourth-order valence-corrected chi connectivity index (χ4v) is 4.33. The molecule has 1 fully saturated rings. The maximum Gasteiger partial charge on any atom is 0.274 e. The molecule has 0 aliphatic carbocycles. The average Bonchev–Trinajstić information content (AvgIpc) is 3.27. The van der Waals surface area contributed by atoms with Crippen molar-refractivity contribution in [1.82, 2.24) is 20.3 Å². The van der Waals surface area contributed by atoms with Crippen LogP contribution >= 0.6 is 11.6 Å². The molecule has 9 nitrogen and oxygen atoms in total. The summed E-state index contributed by atoms with van der Waals surface area (Å²) in [6, 6.07) is 8.97. The maximum absolute atomic E-state index is 13.0. The van der Waals surface area contributed by atoms with Crippen molar-refractivity contribution >= 4 is 23.2 Å². The number of nitrogens with zero attached hydrogens (tertiary/aromatic N) is 4. The van der Waals surface area contributed by atoms with Gasteiger partial charge in [-0.2, -0.15) is 0 Å². The van der Waals surface area contributed by atoms with E-state index in [9.17, 15) is 15.0 Å². The van der Waals surface area contributed by atoms with Crippen LogP contribution < -0.4 is 10.2 Å². The lowest BCUT2D eigenvalue weighted by Crippen LogP contribution is -2.36. The van der Waals surface area contributed by atoms with Gasteiger partial charge in [-0.3, -0.25) is 4.79 Å². The first-order valence-electron chi connectivity index (χ1n) is 11.6. The number of hydrogen-bond donors (Lipinski definition) is 3. The number of phenols is 2. The van der Waals surface area contributed by atoms with Crippen molar-refractivity contribution in [2.75, 3.05) is 43.6 Å². The van der Waals surface area contributed by atoms with Crippen LogP contribution in [0.25, 0.3) is 16.9 Å². The minimum atomic E-state index is -0.411. The van der Waals surface area contributed by atoms with Gasteiger partial charge in [0.2, 0.25) is 0 Å². The van der Waals surface area contributed by atoms with E-state index in [1.807, 2.05) is 32.9 Å². The van der Waals surface area contributed by atoms with E-state index in [1.165, 1.54) is 10.7 Å². The maximum atomic E-state index is 13.0. The molecular formula is C25H30ClN5O4. The Labute approximate surface area is 209 Å². The first kappa shape index (κ1) is 24.8. The molecule has 3 N–H and O–H groups in total. The number of rotatable bonds is 7. The highest BCUT2D eigenvalue weighted by Gasteiger charge is 2.26. The van der Waals surface area contributed by atoms with Crippen LogP contribution in [0.15, 0.2) is 30.3 Å². The van der Waals surface area contributed by atoms with Crippen molar-refractivity contribution in [3.63, 3.8) is 0 Å². The Morgan fingerprint density at radius 1 is 1.17 bits per heavy atom. The lowest BCUT2D eigenvalue weighted by Gasteiger charge is -2.29. The molecule has 10 heteroatoms. The van der Waals surface area contributed by atoms with Gasteiger partial charge in [-0.1, -0.05) is 25.1 Å². The number of aromatic nitrogens is 3. The van der Waals surface area contributed by atoms with E-state index in [1.54, 1.807) is 6.07 Å². The van der Waals surface area contributed by atoms with Gasteiger partial charge in [-0.05, 0) is 42.2 Å². The molecule has 0 bridgehead atoms. The first-order chi connectivity index (χ1) is 16.8. The number of nitrogens with one attached hydrogen (secondary N) is 1. The third-order valence-corrected chi connectivity index (χ3v) is 6.27. The summed E-state index contributed by atoms with van der Waals surface area (Å²) >= 11 is 5.76. The molecule has 186 valence electrons. The van der Waals surface area contributed by atoms with Crippen molar-refractivity contribution in [3.8, 4) is 28.4 Å².